The summed E-state index contributed by atoms with van der Waals surface area (Å²) >= 11 is 13.5. The van der Waals surface area contributed by atoms with Crippen molar-refractivity contribution >= 4 is 64.1 Å². The van der Waals surface area contributed by atoms with Crippen LogP contribution in [0.25, 0.3) is 0 Å². The van der Waals surface area contributed by atoms with E-state index in [2.05, 4.69) is 25.6 Å². The van der Waals surface area contributed by atoms with Crippen LogP contribution in [0.2, 0.25) is 10.0 Å². The molecule has 0 aliphatic carbocycles. The fourth-order valence-corrected chi connectivity index (χ4v) is 4.07. The molecular weight excluding hydrogens is 471 g/mol. The van der Waals surface area contributed by atoms with Crippen LogP contribution in [0.3, 0.4) is 0 Å². The van der Waals surface area contributed by atoms with Crippen molar-refractivity contribution in [2.75, 3.05) is 47.6 Å². The van der Waals surface area contributed by atoms with E-state index in [1.54, 1.807) is 18.2 Å². The predicted molar refractivity (Wildman–Crippen MR) is 128 cm³/mol. The zero-order chi connectivity index (χ0) is 22.3. The Hall–Kier alpha value is -2.59. The lowest BCUT2D eigenvalue weighted by atomic mass is 10.3. The van der Waals surface area contributed by atoms with E-state index in [0.29, 0.717) is 59.1 Å². The molecule has 3 aromatic rings. The average Bonchev–Trinajstić information content (AvgIpc) is 2.81. The van der Waals surface area contributed by atoms with Crippen LogP contribution < -0.4 is 15.5 Å². The molecule has 1 saturated heterocycles. The molecule has 166 valence electrons. The number of hydrogen-bond acceptors (Lipinski definition) is 8. The number of morpholine rings is 1. The highest BCUT2D eigenvalue weighted by molar-refractivity contribution is 7.99. The number of para-hydroxylation sites is 2. The lowest BCUT2D eigenvalue weighted by Crippen LogP contribution is -2.37. The lowest BCUT2D eigenvalue weighted by Gasteiger charge is -2.27. The maximum atomic E-state index is 12.5. The van der Waals surface area contributed by atoms with Gasteiger partial charge in [0.1, 0.15) is 0 Å². The number of nitrogens with zero attached hydrogens (tertiary/aromatic N) is 4. The quantitative estimate of drug-likeness (QED) is 0.468. The van der Waals surface area contributed by atoms with Crippen molar-refractivity contribution in [2.24, 2.45) is 0 Å². The van der Waals surface area contributed by atoms with Gasteiger partial charge in [0.2, 0.25) is 17.8 Å². The lowest BCUT2D eigenvalue weighted by molar-refractivity contribution is -0.113. The number of aromatic nitrogens is 3. The van der Waals surface area contributed by atoms with Gasteiger partial charge < -0.3 is 20.3 Å². The Kier molecular flexibility index (Phi) is 7.64. The van der Waals surface area contributed by atoms with Crippen LogP contribution in [0.15, 0.2) is 53.7 Å². The SMILES string of the molecule is O=C(CSc1nc(Nc2ccccc2)nc(N2CCOCC2)n1)Nc1c(Cl)cccc1Cl. The summed E-state index contributed by atoms with van der Waals surface area (Å²) in [6.07, 6.45) is 0. The topological polar surface area (TPSA) is 92.3 Å². The van der Waals surface area contributed by atoms with Crippen molar-refractivity contribution in [1.82, 2.24) is 15.0 Å². The van der Waals surface area contributed by atoms with Gasteiger partial charge in [-0.25, -0.2) is 0 Å². The predicted octanol–water partition coefficient (Wildman–Crippen LogP) is 4.49. The monoisotopic (exact) mass is 490 g/mol. The second-order valence-electron chi connectivity index (χ2n) is 6.77. The summed E-state index contributed by atoms with van der Waals surface area (Å²) in [6.45, 7) is 2.59. The highest BCUT2D eigenvalue weighted by Gasteiger charge is 2.18. The van der Waals surface area contributed by atoms with Crippen molar-refractivity contribution < 1.29 is 9.53 Å². The van der Waals surface area contributed by atoms with Crippen LogP contribution in [0.1, 0.15) is 0 Å². The summed E-state index contributed by atoms with van der Waals surface area (Å²) in [7, 11) is 0. The molecule has 0 spiro atoms. The van der Waals surface area contributed by atoms with Crippen LogP contribution in [0.5, 0.6) is 0 Å². The minimum Gasteiger partial charge on any atom is -0.378 e. The first-order valence-corrected chi connectivity index (χ1v) is 11.6. The Bertz CT molecular complexity index is 1060. The van der Waals surface area contributed by atoms with Crippen molar-refractivity contribution in [2.45, 2.75) is 5.16 Å². The molecule has 2 N–H and O–H groups in total. The normalized spacial score (nSPS) is 13.6. The number of thioether (sulfide) groups is 1. The van der Waals surface area contributed by atoms with Gasteiger partial charge in [-0.05, 0) is 24.3 Å². The maximum Gasteiger partial charge on any atom is 0.234 e. The number of anilines is 4. The average molecular weight is 491 g/mol. The largest absolute Gasteiger partial charge is 0.378 e. The maximum absolute atomic E-state index is 12.5. The molecule has 11 heteroatoms. The Morgan fingerprint density at radius 3 is 2.44 bits per heavy atom. The number of rotatable bonds is 7. The van der Waals surface area contributed by atoms with E-state index in [0.717, 1.165) is 5.69 Å². The first-order chi connectivity index (χ1) is 15.6. The summed E-state index contributed by atoms with van der Waals surface area (Å²) in [6, 6.07) is 14.7. The number of carbonyl (C=O) groups excluding carboxylic acids is 1. The van der Waals surface area contributed by atoms with Crippen LogP contribution in [0.4, 0.5) is 23.3 Å². The minimum absolute atomic E-state index is 0.0822. The van der Waals surface area contributed by atoms with E-state index in [9.17, 15) is 4.79 Å². The highest BCUT2D eigenvalue weighted by atomic mass is 35.5. The zero-order valence-electron chi connectivity index (χ0n) is 16.9. The molecule has 1 fully saturated rings. The van der Waals surface area contributed by atoms with Gasteiger partial charge in [-0.2, -0.15) is 15.0 Å². The fourth-order valence-electron chi connectivity index (χ4n) is 2.94. The molecule has 1 amide bonds. The zero-order valence-corrected chi connectivity index (χ0v) is 19.3. The van der Waals surface area contributed by atoms with E-state index in [1.807, 2.05) is 35.2 Å². The van der Waals surface area contributed by atoms with Gasteiger partial charge in [0, 0.05) is 18.8 Å². The standard InChI is InChI=1S/C21H20Cl2N6O2S/c22-15-7-4-8-16(23)18(15)25-17(30)13-32-21-27-19(24-14-5-2-1-3-6-14)26-20(28-21)29-9-11-31-12-10-29/h1-8H,9-13H2,(H,25,30)(H,24,26,27,28). The molecule has 1 aliphatic rings. The molecule has 0 bridgehead atoms. The molecule has 1 aliphatic heterocycles. The number of nitrogens with one attached hydrogen (secondary N) is 2. The number of carbonyl (C=O) groups is 1. The van der Waals surface area contributed by atoms with E-state index >= 15 is 0 Å². The number of amides is 1. The van der Waals surface area contributed by atoms with Crippen LogP contribution in [0, 0.1) is 0 Å². The molecule has 4 rings (SSSR count). The summed E-state index contributed by atoms with van der Waals surface area (Å²) in [4.78, 5) is 28.1. The second-order valence-corrected chi connectivity index (χ2v) is 8.52. The molecule has 2 heterocycles. The van der Waals surface area contributed by atoms with Gasteiger partial charge in [0.25, 0.3) is 0 Å². The van der Waals surface area contributed by atoms with Gasteiger partial charge >= 0.3 is 0 Å². The van der Waals surface area contributed by atoms with Crippen molar-refractivity contribution in [3.05, 3.63) is 58.6 Å². The third-order valence-corrected chi connectivity index (χ3v) is 5.96. The summed E-state index contributed by atoms with van der Waals surface area (Å²) in [5.41, 5.74) is 1.24. The van der Waals surface area contributed by atoms with Crippen LogP contribution in [-0.2, 0) is 9.53 Å². The van der Waals surface area contributed by atoms with Gasteiger partial charge in [0.05, 0.1) is 34.7 Å². The first-order valence-electron chi connectivity index (χ1n) is 9.86. The Labute approximate surface area is 199 Å². The third-order valence-electron chi connectivity index (χ3n) is 4.49. The van der Waals surface area contributed by atoms with E-state index in [1.165, 1.54) is 11.8 Å². The molecule has 32 heavy (non-hydrogen) atoms. The van der Waals surface area contributed by atoms with Crippen molar-refractivity contribution in [3.63, 3.8) is 0 Å². The first kappa shape index (κ1) is 22.6. The van der Waals surface area contributed by atoms with E-state index in [-0.39, 0.29) is 11.7 Å². The fraction of sp³-hybridized carbons (Fsp3) is 0.238. The molecule has 2 aromatic carbocycles. The number of benzene rings is 2. The van der Waals surface area contributed by atoms with Crippen LogP contribution >= 0.6 is 35.0 Å². The van der Waals surface area contributed by atoms with Gasteiger partial charge in [-0.1, -0.05) is 59.2 Å². The van der Waals surface area contributed by atoms with E-state index in [4.69, 9.17) is 27.9 Å². The molecule has 1 aromatic heterocycles. The number of halogens is 2. The van der Waals surface area contributed by atoms with Gasteiger partial charge in [-0.3, -0.25) is 4.79 Å². The smallest absolute Gasteiger partial charge is 0.234 e. The molecule has 8 nitrogen and oxygen atoms in total. The minimum atomic E-state index is -0.268. The van der Waals surface area contributed by atoms with Crippen LogP contribution in [-0.4, -0.2) is 52.9 Å². The molecule has 0 atom stereocenters. The van der Waals surface area contributed by atoms with Crippen molar-refractivity contribution in [3.8, 4) is 0 Å². The van der Waals surface area contributed by atoms with Gasteiger partial charge in [-0.15, -0.1) is 0 Å². The van der Waals surface area contributed by atoms with E-state index < -0.39 is 0 Å². The third kappa shape index (κ3) is 6.01. The van der Waals surface area contributed by atoms with Gasteiger partial charge in [0.15, 0.2) is 5.16 Å². The second kappa shape index (κ2) is 10.8. The Morgan fingerprint density at radius 2 is 1.72 bits per heavy atom. The number of hydrogen-bond donors (Lipinski definition) is 2. The molecule has 0 unspecified atom stereocenters. The molecular formula is C21H20Cl2N6O2S. The number of ether oxygens (including phenoxy) is 1. The highest BCUT2D eigenvalue weighted by Crippen LogP contribution is 2.30. The molecule has 0 saturated carbocycles. The van der Waals surface area contributed by atoms with Crippen molar-refractivity contribution in [1.29, 1.82) is 0 Å². The summed E-state index contributed by atoms with van der Waals surface area (Å²) in [5, 5.41) is 7.12. The molecule has 0 radical (unpaired) electrons. The Morgan fingerprint density at radius 1 is 1.00 bits per heavy atom. The Balaban J connectivity index is 1.50. The summed E-state index contributed by atoms with van der Waals surface area (Å²) in [5.74, 6) is 0.762. The summed E-state index contributed by atoms with van der Waals surface area (Å²) < 4.78 is 5.42.